The van der Waals surface area contributed by atoms with Crippen LogP contribution in [0.15, 0.2) is 17.4 Å². The van der Waals surface area contributed by atoms with Crippen molar-refractivity contribution in [3.63, 3.8) is 0 Å². The third-order valence-electron chi connectivity index (χ3n) is 1.97. The minimum Gasteiger partial charge on any atom is -0.281 e. The number of hydrogen-bond acceptors (Lipinski definition) is 5. The van der Waals surface area contributed by atoms with E-state index >= 15 is 0 Å². The number of rotatable bonds is 4. The number of aryl methyl sites for hydroxylation is 1. The van der Waals surface area contributed by atoms with E-state index in [1.165, 1.54) is 12.5 Å². The van der Waals surface area contributed by atoms with Crippen LogP contribution in [0.2, 0.25) is 0 Å². The molecule has 8 nitrogen and oxygen atoms in total. The first kappa shape index (κ1) is 10.8. The van der Waals surface area contributed by atoms with E-state index < -0.39 is 10.0 Å². The van der Waals surface area contributed by atoms with Crippen LogP contribution in [-0.2, 0) is 16.6 Å². The first-order chi connectivity index (χ1) is 7.59. The smallest absolute Gasteiger partial charge is 0.244 e. The van der Waals surface area contributed by atoms with Gasteiger partial charge in [0.05, 0.1) is 18.4 Å². The van der Waals surface area contributed by atoms with E-state index in [1.807, 2.05) is 0 Å². The van der Waals surface area contributed by atoms with E-state index in [0.29, 0.717) is 11.5 Å². The zero-order chi connectivity index (χ0) is 11.6. The van der Waals surface area contributed by atoms with Gasteiger partial charge < -0.3 is 0 Å². The Bertz CT molecular complexity index is 557. The lowest BCUT2D eigenvalue weighted by Crippen LogP contribution is -2.24. The van der Waals surface area contributed by atoms with Gasteiger partial charge >= 0.3 is 0 Å². The molecule has 0 saturated carbocycles. The van der Waals surface area contributed by atoms with E-state index in [9.17, 15) is 8.42 Å². The number of hydrogen-bond donors (Lipinski definition) is 3. The van der Waals surface area contributed by atoms with Crippen LogP contribution in [0.5, 0.6) is 0 Å². The standard InChI is InChI=1S/C7H10N6O2S/c1-5-6(2-9-12-5)16(14,15)11-3-7-8-4-10-13-7/h2,4,11H,3H2,1H3,(H,9,12)(H,8,10,13). The van der Waals surface area contributed by atoms with Gasteiger partial charge in [0.1, 0.15) is 17.0 Å². The molecular formula is C7H10N6O2S. The molecule has 2 rings (SSSR count). The van der Waals surface area contributed by atoms with E-state index in [4.69, 9.17) is 0 Å². The van der Waals surface area contributed by atoms with E-state index in [1.54, 1.807) is 6.92 Å². The molecule has 2 aromatic heterocycles. The highest BCUT2D eigenvalue weighted by Crippen LogP contribution is 2.10. The van der Waals surface area contributed by atoms with Crippen LogP contribution in [-0.4, -0.2) is 33.8 Å². The van der Waals surface area contributed by atoms with Crippen molar-refractivity contribution in [3.8, 4) is 0 Å². The third kappa shape index (κ3) is 2.09. The molecule has 0 amide bonds. The monoisotopic (exact) mass is 242 g/mol. The molecule has 0 aromatic carbocycles. The number of aromatic amines is 2. The Kier molecular flexibility index (Phi) is 2.71. The molecular weight excluding hydrogens is 232 g/mol. The van der Waals surface area contributed by atoms with Gasteiger partial charge in [-0.3, -0.25) is 10.2 Å². The van der Waals surface area contributed by atoms with Crippen molar-refractivity contribution < 1.29 is 8.42 Å². The topological polar surface area (TPSA) is 116 Å². The summed E-state index contributed by atoms with van der Waals surface area (Å²) in [5, 5.41) is 12.4. The van der Waals surface area contributed by atoms with Gasteiger partial charge in [-0.25, -0.2) is 18.1 Å². The molecule has 0 saturated heterocycles. The fourth-order valence-electron chi connectivity index (χ4n) is 1.17. The van der Waals surface area contributed by atoms with Crippen LogP contribution < -0.4 is 4.72 Å². The van der Waals surface area contributed by atoms with Crippen LogP contribution in [0, 0.1) is 6.92 Å². The molecule has 2 heterocycles. The summed E-state index contributed by atoms with van der Waals surface area (Å²) < 4.78 is 25.9. The SMILES string of the molecule is Cc1[nH]ncc1S(=O)(=O)NCc1ncn[nH]1. The molecule has 0 aliphatic rings. The molecule has 86 valence electrons. The average Bonchev–Trinajstić information content (AvgIpc) is 2.85. The molecule has 0 atom stereocenters. The van der Waals surface area contributed by atoms with Crippen LogP contribution >= 0.6 is 0 Å². The summed E-state index contributed by atoms with van der Waals surface area (Å²) in [6, 6.07) is 0. The average molecular weight is 242 g/mol. The van der Waals surface area contributed by atoms with Gasteiger partial charge in [0.15, 0.2) is 0 Å². The molecule has 2 aromatic rings. The lowest BCUT2D eigenvalue weighted by molar-refractivity contribution is 0.579. The normalized spacial score (nSPS) is 11.8. The van der Waals surface area contributed by atoms with Crippen molar-refractivity contribution in [3.05, 3.63) is 24.0 Å². The van der Waals surface area contributed by atoms with Gasteiger partial charge in [-0.15, -0.1) is 0 Å². The Hall–Kier alpha value is -1.74. The minimum atomic E-state index is -3.56. The maximum Gasteiger partial charge on any atom is 0.244 e. The zero-order valence-corrected chi connectivity index (χ0v) is 9.24. The maximum atomic E-state index is 11.8. The second-order valence-electron chi connectivity index (χ2n) is 3.12. The summed E-state index contributed by atoms with van der Waals surface area (Å²) in [6.07, 6.45) is 2.57. The highest BCUT2D eigenvalue weighted by molar-refractivity contribution is 7.89. The van der Waals surface area contributed by atoms with E-state index in [2.05, 4.69) is 30.1 Å². The number of aromatic nitrogens is 5. The highest BCUT2D eigenvalue weighted by Gasteiger charge is 2.18. The maximum absolute atomic E-state index is 11.8. The second-order valence-corrected chi connectivity index (χ2v) is 4.85. The number of H-pyrrole nitrogens is 2. The molecule has 0 spiro atoms. The van der Waals surface area contributed by atoms with E-state index in [0.717, 1.165) is 0 Å². The Morgan fingerprint density at radius 2 is 2.19 bits per heavy atom. The molecule has 0 fully saturated rings. The Labute approximate surface area is 91.5 Å². The van der Waals surface area contributed by atoms with Crippen molar-refractivity contribution in [2.24, 2.45) is 0 Å². The molecule has 0 aliphatic carbocycles. The summed E-state index contributed by atoms with van der Waals surface area (Å²) in [6.45, 7) is 1.70. The Morgan fingerprint density at radius 1 is 1.38 bits per heavy atom. The van der Waals surface area contributed by atoms with Gasteiger partial charge in [-0.05, 0) is 6.92 Å². The summed E-state index contributed by atoms with van der Waals surface area (Å²) in [4.78, 5) is 3.94. The zero-order valence-electron chi connectivity index (χ0n) is 8.43. The first-order valence-electron chi connectivity index (χ1n) is 4.43. The lowest BCUT2D eigenvalue weighted by atomic mass is 10.5. The molecule has 0 radical (unpaired) electrons. The summed E-state index contributed by atoms with van der Waals surface area (Å²) >= 11 is 0. The van der Waals surface area contributed by atoms with Gasteiger partial charge in [0.2, 0.25) is 10.0 Å². The molecule has 0 bridgehead atoms. The number of nitrogens with one attached hydrogen (secondary N) is 3. The number of nitrogens with zero attached hydrogens (tertiary/aromatic N) is 3. The van der Waals surface area contributed by atoms with Crippen molar-refractivity contribution >= 4 is 10.0 Å². The minimum absolute atomic E-state index is 0.0625. The lowest BCUT2D eigenvalue weighted by Gasteiger charge is -2.03. The van der Waals surface area contributed by atoms with Gasteiger partial charge in [0, 0.05) is 0 Å². The number of sulfonamides is 1. The van der Waals surface area contributed by atoms with Crippen molar-refractivity contribution in [2.75, 3.05) is 0 Å². The van der Waals surface area contributed by atoms with Gasteiger partial charge in [-0.2, -0.15) is 10.2 Å². The molecule has 0 aliphatic heterocycles. The summed E-state index contributed by atoms with van der Waals surface area (Å²) in [5.41, 5.74) is 0.491. The summed E-state index contributed by atoms with van der Waals surface area (Å²) in [7, 11) is -3.56. The fourth-order valence-corrected chi connectivity index (χ4v) is 2.29. The highest BCUT2D eigenvalue weighted by atomic mass is 32.2. The largest absolute Gasteiger partial charge is 0.281 e. The van der Waals surface area contributed by atoms with Gasteiger partial charge in [-0.1, -0.05) is 0 Å². The predicted molar refractivity (Wildman–Crippen MR) is 53.7 cm³/mol. The molecule has 16 heavy (non-hydrogen) atoms. The molecule has 9 heteroatoms. The molecule has 0 unspecified atom stereocenters. The fraction of sp³-hybridized carbons (Fsp3) is 0.286. The quantitative estimate of drug-likeness (QED) is 0.656. The van der Waals surface area contributed by atoms with Crippen LogP contribution in [0.25, 0.3) is 0 Å². The van der Waals surface area contributed by atoms with Crippen molar-refractivity contribution in [1.29, 1.82) is 0 Å². The van der Waals surface area contributed by atoms with Crippen LogP contribution in [0.3, 0.4) is 0 Å². The predicted octanol–water partition coefficient (Wildman–Crippen LogP) is -0.685. The first-order valence-corrected chi connectivity index (χ1v) is 5.92. The van der Waals surface area contributed by atoms with Gasteiger partial charge in [0.25, 0.3) is 0 Å². The third-order valence-corrected chi connectivity index (χ3v) is 3.48. The summed E-state index contributed by atoms with van der Waals surface area (Å²) in [5.74, 6) is 0.449. The Morgan fingerprint density at radius 3 is 2.75 bits per heavy atom. The second kappa shape index (κ2) is 4.02. The van der Waals surface area contributed by atoms with Crippen LogP contribution in [0.4, 0.5) is 0 Å². The van der Waals surface area contributed by atoms with E-state index in [-0.39, 0.29) is 11.4 Å². The Balaban J connectivity index is 2.13. The van der Waals surface area contributed by atoms with Crippen molar-refractivity contribution in [2.45, 2.75) is 18.4 Å². The van der Waals surface area contributed by atoms with Crippen LogP contribution in [0.1, 0.15) is 11.5 Å². The molecule has 3 N–H and O–H groups in total. The van der Waals surface area contributed by atoms with Crippen molar-refractivity contribution in [1.82, 2.24) is 30.1 Å².